The molecule has 0 N–H and O–H groups in total. The van der Waals surface area contributed by atoms with Crippen molar-refractivity contribution in [1.82, 2.24) is 9.80 Å². The second-order valence-electron chi connectivity index (χ2n) is 11.5. The van der Waals surface area contributed by atoms with Gasteiger partial charge in [-0.2, -0.15) is 0 Å². The third-order valence-corrected chi connectivity index (χ3v) is 9.00. The van der Waals surface area contributed by atoms with E-state index in [1.807, 2.05) is 0 Å². The summed E-state index contributed by atoms with van der Waals surface area (Å²) in [7, 11) is 0. The van der Waals surface area contributed by atoms with E-state index in [1.54, 1.807) is 0 Å². The third kappa shape index (κ3) is 4.12. The van der Waals surface area contributed by atoms with Crippen molar-refractivity contribution >= 4 is 21.5 Å². The molecular formula is C38H32N2. The Kier molecular flexibility index (Phi) is 5.76. The quantitative estimate of drug-likeness (QED) is 0.226. The summed E-state index contributed by atoms with van der Waals surface area (Å²) in [5.41, 5.74) is 8.61. The van der Waals surface area contributed by atoms with Crippen molar-refractivity contribution < 1.29 is 0 Å². The SMILES string of the molecule is c1ccc(C(C(c2ccccc2)N2Cc3cc4ccccc4cc3C2)N2Cc3cc4ccccc4cc3C2)cc1. The molecule has 0 radical (unpaired) electrons. The molecule has 2 nitrogen and oxygen atoms in total. The van der Waals surface area contributed by atoms with Crippen molar-refractivity contribution in [3.63, 3.8) is 0 Å². The van der Waals surface area contributed by atoms with Crippen LogP contribution in [0.15, 0.2) is 133 Å². The Bertz CT molecular complexity index is 1600. The first-order chi connectivity index (χ1) is 19.8. The van der Waals surface area contributed by atoms with Gasteiger partial charge in [-0.25, -0.2) is 0 Å². The van der Waals surface area contributed by atoms with Gasteiger partial charge in [0.2, 0.25) is 0 Å². The van der Waals surface area contributed by atoms with E-state index in [1.165, 1.54) is 54.9 Å². The van der Waals surface area contributed by atoms with Crippen LogP contribution in [0.25, 0.3) is 21.5 Å². The minimum Gasteiger partial charge on any atom is -0.286 e. The largest absolute Gasteiger partial charge is 0.286 e. The first-order valence-corrected chi connectivity index (χ1v) is 14.4. The van der Waals surface area contributed by atoms with Crippen molar-refractivity contribution in [3.8, 4) is 0 Å². The highest BCUT2D eigenvalue weighted by atomic mass is 15.3. The molecular weight excluding hydrogens is 484 g/mol. The number of nitrogens with zero attached hydrogens (tertiary/aromatic N) is 2. The summed E-state index contributed by atoms with van der Waals surface area (Å²) in [6.07, 6.45) is 0. The summed E-state index contributed by atoms with van der Waals surface area (Å²) in [5, 5.41) is 5.34. The first kappa shape index (κ1) is 23.6. The molecule has 0 saturated carbocycles. The molecule has 194 valence electrons. The summed E-state index contributed by atoms with van der Waals surface area (Å²) >= 11 is 0. The van der Waals surface area contributed by atoms with Gasteiger partial charge < -0.3 is 0 Å². The van der Waals surface area contributed by atoms with Gasteiger partial charge in [-0.15, -0.1) is 0 Å². The maximum atomic E-state index is 2.72. The summed E-state index contributed by atoms with van der Waals surface area (Å²) in [6.45, 7) is 3.86. The number of hydrogen-bond acceptors (Lipinski definition) is 2. The molecule has 2 unspecified atom stereocenters. The molecule has 0 aromatic heterocycles. The van der Waals surface area contributed by atoms with E-state index in [2.05, 4.69) is 143 Å². The van der Waals surface area contributed by atoms with E-state index in [-0.39, 0.29) is 12.1 Å². The van der Waals surface area contributed by atoms with Crippen LogP contribution in [0.1, 0.15) is 45.5 Å². The average molecular weight is 517 g/mol. The molecule has 8 rings (SSSR count). The lowest BCUT2D eigenvalue weighted by molar-refractivity contribution is 0.0709. The highest BCUT2D eigenvalue weighted by molar-refractivity contribution is 5.85. The van der Waals surface area contributed by atoms with Crippen LogP contribution >= 0.6 is 0 Å². The standard InChI is InChI=1S/C38H32N2/c1-3-11-27(12-4-1)37(39-23-33-19-29-15-7-8-16-30(29)20-34(33)24-39)38(28-13-5-2-6-14-28)40-25-35-21-31-17-9-10-18-32(31)22-36(35)26-40/h1-22,37-38H,23-26H2. The monoisotopic (exact) mass is 516 g/mol. The molecule has 2 atom stereocenters. The molecule has 2 heterocycles. The zero-order chi connectivity index (χ0) is 26.5. The number of benzene rings is 6. The zero-order valence-corrected chi connectivity index (χ0v) is 22.6. The Labute approximate surface area is 236 Å². The van der Waals surface area contributed by atoms with Crippen molar-refractivity contribution in [2.24, 2.45) is 0 Å². The Morgan fingerprint density at radius 2 is 0.625 bits per heavy atom. The van der Waals surface area contributed by atoms with Gasteiger partial charge in [0.05, 0.1) is 12.1 Å². The molecule has 0 aliphatic carbocycles. The van der Waals surface area contributed by atoms with Crippen LogP contribution in [0.3, 0.4) is 0 Å². The molecule has 0 amide bonds. The van der Waals surface area contributed by atoms with Crippen LogP contribution in [0.4, 0.5) is 0 Å². The van der Waals surface area contributed by atoms with Gasteiger partial charge in [0.15, 0.2) is 0 Å². The van der Waals surface area contributed by atoms with E-state index in [9.17, 15) is 0 Å². The lowest BCUT2D eigenvalue weighted by Gasteiger charge is -2.40. The zero-order valence-electron chi connectivity index (χ0n) is 22.6. The fourth-order valence-corrected chi connectivity index (χ4v) is 7.12. The van der Waals surface area contributed by atoms with Gasteiger partial charge >= 0.3 is 0 Å². The molecule has 0 fully saturated rings. The predicted octanol–water partition coefficient (Wildman–Crippen LogP) is 8.81. The van der Waals surface area contributed by atoms with Crippen LogP contribution in [0.2, 0.25) is 0 Å². The minimum absolute atomic E-state index is 0.225. The predicted molar refractivity (Wildman–Crippen MR) is 165 cm³/mol. The minimum atomic E-state index is 0.225. The summed E-state index contributed by atoms with van der Waals surface area (Å²) < 4.78 is 0. The van der Waals surface area contributed by atoms with Crippen molar-refractivity contribution in [3.05, 3.63) is 167 Å². The molecule has 6 aromatic rings. The van der Waals surface area contributed by atoms with E-state index in [0.717, 1.165) is 26.2 Å². The lowest BCUT2D eigenvalue weighted by Crippen LogP contribution is -2.37. The summed E-state index contributed by atoms with van der Waals surface area (Å²) in [6, 6.07) is 50.1. The molecule has 2 heteroatoms. The smallest absolute Gasteiger partial charge is 0.0552 e. The molecule has 0 bridgehead atoms. The number of fused-ring (bicyclic) bond motifs is 4. The fourth-order valence-electron chi connectivity index (χ4n) is 7.12. The van der Waals surface area contributed by atoms with Crippen LogP contribution in [-0.4, -0.2) is 9.80 Å². The highest BCUT2D eigenvalue weighted by Crippen LogP contribution is 2.46. The Morgan fingerprint density at radius 1 is 0.350 bits per heavy atom. The van der Waals surface area contributed by atoms with E-state index < -0.39 is 0 Å². The second kappa shape index (κ2) is 9.75. The summed E-state index contributed by atoms with van der Waals surface area (Å²) in [4.78, 5) is 5.44. The maximum absolute atomic E-state index is 2.72. The Balaban J connectivity index is 1.23. The van der Waals surface area contributed by atoms with Gasteiger partial charge in [0.25, 0.3) is 0 Å². The maximum Gasteiger partial charge on any atom is 0.0552 e. The van der Waals surface area contributed by atoms with Gasteiger partial charge in [0.1, 0.15) is 0 Å². The molecule has 2 aliphatic rings. The average Bonchev–Trinajstić information content (AvgIpc) is 3.61. The van der Waals surface area contributed by atoms with E-state index in [0.29, 0.717) is 0 Å². The molecule has 0 spiro atoms. The highest BCUT2D eigenvalue weighted by Gasteiger charge is 2.39. The van der Waals surface area contributed by atoms with Crippen LogP contribution in [0, 0.1) is 0 Å². The van der Waals surface area contributed by atoms with Crippen LogP contribution in [0.5, 0.6) is 0 Å². The van der Waals surface area contributed by atoms with Gasteiger partial charge in [-0.1, -0.05) is 109 Å². The van der Waals surface area contributed by atoms with Gasteiger partial charge in [-0.05, 0) is 79.2 Å². The molecule has 6 aromatic carbocycles. The normalized spacial score (nSPS) is 16.7. The van der Waals surface area contributed by atoms with E-state index in [4.69, 9.17) is 0 Å². The lowest BCUT2D eigenvalue weighted by atomic mass is 9.90. The van der Waals surface area contributed by atoms with Crippen LogP contribution in [-0.2, 0) is 26.2 Å². The second-order valence-corrected chi connectivity index (χ2v) is 11.5. The third-order valence-electron chi connectivity index (χ3n) is 9.00. The van der Waals surface area contributed by atoms with Crippen molar-refractivity contribution in [2.45, 2.75) is 38.3 Å². The van der Waals surface area contributed by atoms with Gasteiger partial charge in [0, 0.05) is 26.2 Å². The Hall–Kier alpha value is -4.24. The fraction of sp³-hybridized carbons (Fsp3) is 0.158. The van der Waals surface area contributed by atoms with E-state index >= 15 is 0 Å². The summed E-state index contributed by atoms with van der Waals surface area (Å²) in [5.74, 6) is 0. The van der Waals surface area contributed by atoms with Crippen molar-refractivity contribution in [1.29, 1.82) is 0 Å². The topological polar surface area (TPSA) is 6.48 Å². The van der Waals surface area contributed by atoms with Gasteiger partial charge in [-0.3, -0.25) is 9.80 Å². The first-order valence-electron chi connectivity index (χ1n) is 14.4. The van der Waals surface area contributed by atoms with Crippen molar-refractivity contribution in [2.75, 3.05) is 0 Å². The molecule has 0 saturated heterocycles. The number of rotatable bonds is 5. The Morgan fingerprint density at radius 3 is 0.925 bits per heavy atom. The van der Waals surface area contributed by atoms with Crippen LogP contribution < -0.4 is 0 Å². The molecule has 40 heavy (non-hydrogen) atoms. The molecule has 2 aliphatic heterocycles. The number of hydrogen-bond donors (Lipinski definition) is 0.